The van der Waals surface area contributed by atoms with Crippen molar-refractivity contribution in [2.24, 2.45) is 0 Å². The number of hydrogen-bond donors (Lipinski definition) is 2. The van der Waals surface area contributed by atoms with E-state index in [4.69, 9.17) is 0 Å². The lowest BCUT2D eigenvalue weighted by Crippen LogP contribution is -2.50. The zero-order chi connectivity index (χ0) is 14.5. The highest BCUT2D eigenvalue weighted by Crippen LogP contribution is 2.12. The van der Waals surface area contributed by atoms with Crippen LogP contribution in [0.2, 0.25) is 0 Å². The van der Waals surface area contributed by atoms with E-state index < -0.39 is 9.84 Å². The van der Waals surface area contributed by atoms with Gasteiger partial charge in [0.05, 0.1) is 17.5 Å². The van der Waals surface area contributed by atoms with E-state index in [9.17, 15) is 13.2 Å². The average Bonchev–Trinajstić information content (AvgIpc) is 2.32. The molecule has 19 heavy (non-hydrogen) atoms. The lowest BCUT2D eigenvalue weighted by molar-refractivity contribution is -0.123. The molecule has 1 saturated heterocycles. The van der Waals surface area contributed by atoms with Gasteiger partial charge in [0.15, 0.2) is 0 Å². The molecular weight excluding hydrogens is 264 g/mol. The molecule has 5 nitrogen and oxygen atoms in total. The zero-order valence-electron chi connectivity index (χ0n) is 12.1. The van der Waals surface area contributed by atoms with E-state index in [-0.39, 0.29) is 35.5 Å². The SMILES string of the molecule is CCCC(C)NC(=O)C(C)NC1CCS(=O)(=O)CC1. The van der Waals surface area contributed by atoms with E-state index >= 15 is 0 Å². The Bertz CT molecular complexity index is 381. The van der Waals surface area contributed by atoms with E-state index in [2.05, 4.69) is 17.6 Å². The normalized spacial score (nSPS) is 22.7. The van der Waals surface area contributed by atoms with Gasteiger partial charge in [-0.2, -0.15) is 0 Å². The summed E-state index contributed by atoms with van der Waals surface area (Å²) < 4.78 is 22.7. The smallest absolute Gasteiger partial charge is 0.237 e. The summed E-state index contributed by atoms with van der Waals surface area (Å²) in [7, 11) is -2.84. The van der Waals surface area contributed by atoms with Gasteiger partial charge >= 0.3 is 0 Å². The van der Waals surface area contributed by atoms with E-state index in [1.54, 1.807) is 0 Å². The lowest BCUT2D eigenvalue weighted by atomic mass is 10.1. The van der Waals surface area contributed by atoms with Crippen LogP contribution in [0.5, 0.6) is 0 Å². The molecule has 0 aromatic heterocycles. The zero-order valence-corrected chi connectivity index (χ0v) is 12.9. The minimum absolute atomic E-state index is 0.00520. The fourth-order valence-corrected chi connectivity index (χ4v) is 3.85. The first-order valence-electron chi connectivity index (χ1n) is 7.11. The van der Waals surface area contributed by atoms with Crippen molar-refractivity contribution in [2.45, 2.75) is 64.6 Å². The highest BCUT2D eigenvalue weighted by Gasteiger charge is 2.26. The standard InChI is InChI=1S/C13H26N2O3S/c1-4-5-10(2)14-13(16)11(3)15-12-6-8-19(17,18)9-7-12/h10-12,15H,4-9H2,1-3H3,(H,14,16). The minimum Gasteiger partial charge on any atom is -0.352 e. The molecule has 2 unspecified atom stereocenters. The van der Waals surface area contributed by atoms with Crippen molar-refractivity contribution in [1.82, 2.24) is 10.6 Å². The molecule has 2 N–H and O–H groups in total. The Balaban J connectivity index is 2.34. The van der Waals surface area contributed by atoms with Crippen LogP contribution in [-0.4, -0.2) is 44.0 Å². The number of amides is 1. The van der Waals surface area contributed by atoms with Gasteiger partial charge in [0, 0.05) is 12.1 Å². The molecular formula is C13H26N2O3S. The Morgan fingerprint density at radius 1 is 1.26 bits per heavy atom. The predicted octanol–water partition coefficient (Wildman–Crippen LogP) is 0.847. The topological polar surface area (TPSA) is 75.3 Å². The van der Waals surface area contributed by atoms with Gasteiger partial charge in [-0.05, 0) is 33.1 Å². The van der Waals surface area contributed by atoms with Crippen molar-refractivity contribution in [2.75, 3.05) is 11.5 Å². The summed E-state index contributed by atoms with van der Waals surface area (Å²) in [6.07, 6.45) is 3.22. The molecule has 0 aromatic carbocycles. The van der Waals surface area contributed by atoms with E-state index in [0.717, 1.165) is 12.8 Å². The summed E-state index contributed by atoms with van der Waals surface area (Å²) in [4.78, 5) is 11.9. The van der Waals surface area contributed by atoms with E-state index in [0.29, 0.717) is 12.8 Å². The first-order chi connectivity index (χ1) is 8.84. The maximum Gasteiger partial charge on any atom is 0.237 e. The van der Waals surface area contributed by atoms with Crippen LogP contribution < -0.4 is 10.6 Å². The minimum atomic E-state index is -2.84. The number of sulfone groups is 1. The van der Waals surface area contributed by atoms with Crippen molar-refractivity contribution in [1.29, 1.82) is 0 Å². The first-order valence-corrected chi connectivity index (χ1v) is 8.93. The average molecular weight is 290 g/mol. The molecule has 1 aliphatic rings. The van der Waals surface area contributed by atoms with Crippen molar-refractivity contribution in [3.05, 3.63) is 0 Å². The second-order valence-electron chi connectivity index (χ2n) is 5.51. The summed E-state index contributed by atoms with van der Waals surface area (Å²) in [5, 5.41) is 6.19. The molecule has 1 amide bonds. The molecule has 0 aliphatic carbocycles. The van der Waals surface area contributed by atoms with E-state index in [1.807, 2.05) is 13.8 Å². The second kappa shape index (κ2) is 7.24. The maximum absolute atomic E-state index is 11.9. The molecule has 0 bridgehead atoms. The number of carbonyl (C=O) groups excluding carboxylic acids is 1. The maximum atomic E-state index is 11.9. The van der Waals surface area contributed by atoms with Crippen LogP contribution >= 0.6 is 0 Å². The summed E-state index contributed by atoms with van der Waals surface area (Å²) in [6, 6.07) is 0.0457. The predicted molar refractivity (Wildman–Crippen MR) is 76.8 cm³/mol. The molecule has 6 heteroatoms. The molecule has 0 radical (unpaired) electrons. The highest BCUT2D eigenvalue weighted by molar-refractivity contribution is 7.91. The Kier molecular flexibility index (Phi) is 6.26. The Hall–Kier alpha value is -0.620. The molecule has 0 aromatic rings. The molecule has 0 spiro atoms. The molecule has 1 rings (SSSR count). The third-order valence-electron chi connectivity index (χ3n) is 3.54. The van der Waals surface area contributed by atoms with Crippen LogP contribution in [0, 0.1) is 0 Å². The van der Waals surface area contributed by atoms with Gasteiger partial charge < -0.3 is 10.6 Å². The number of rotatable bonds is 6. The molecule has 1 fully saturated rings. The van der Waals surface area contributed by atoms with Crippen LogP contribution in [0.25, 0.3) is 0 Å². The summed E-state index contributed by atoms with van der Waals surface area (Å²) in [6.45, 7) is 5.92. The molecule has 1 aliphatic heterocycles. The Labute approximate surface area is 116 Å². The largest absolute Gasteiger partial charge is 0.352 e. The summed E-state index contributed by atoms with van der Waals surface area (Å²) >= 11 is 0. The summed E-state index contributed by atoms with van der Waals surface area (Å²) in [5.41, 5.74) is 0. The number of hydrogen-bond acceptors (Lipinski definition) is 4. The van der Waals surface area contributed by atoms with Gasteiger partial charge in [0.1, 0.15) is 9.84 Å². The monoisotopic (exact) mass is 290 g/mol. The van der Waals surface area contributed by atoms with Crippen molar-refractivity contribution < 1.29 is 13.2 Å². The Morgan fingerprint density at radius 3 is 2.37 bits per heavy atom. The van der Waals surface area contributed by atoms with Gasteiger partial charge in [-0.3, -0.25) is 4.79 Å². The van der Waals surface area contributed by atoms with Crippen LogP contribution in [0.3, 0.4) is 0 Å². The second-order valence-corrected chi connectivity index (χ2v) is 7.82. The van der Waals surface area contributed by atoms with Crippen LogP contribution in [0.15, 0.2) is 0 Å². The fraction of sp³-hybridized carbons (Fsp3) is 0.923. The number of nitrogens with one attached hydrogen (secondary N) is 2. The van der Waals surface area contributed by atoms with E-state index in [1.165, 1.54) is 0 Å². The third-order valence-corrected chi connectivity index (χ3v) is 5.26. The Morgan fingerprint density at radius 2 is 1.84 bits per heavy atom. The summed E-state index contributed by atoms with van der Waals surface area (Å²) in [5.74, 6) is 0.450. The lowest BCUT2D eigenvalue weighted by Gasteiger charge is -2.27. The van der Waals surface area contributed by atoms with Gasteiger partial charge in [-0.25, -0.2) is 8.42 Å². The van der Waals surface area contributed by atoms with Crippen LogP contribution in [0.1, 0.15) is 46.5 Å². The van der Waals surface area contributed by atoms with Crippen LogP contribution in [0.4, 0.5) is 0 Å². The first kappa shape index (κ1) is 16.4. The molecule has 112 valence electrons. The molecule has 2 atom stereocenters. The quantitative estimate of drug-likeness (QED) is 0.760. The fourth-order valence-electron chi connectivity index (χ4n) is 2.36. The third kappa shape index (κ3) is 5.91. The van der Waals surface area contributed by atoms with Gasteiger partial charge in [-0.1, -0.05) is 13.3 Å². The number of carbonyl (C=O) groups is 1. The molecule has 1 heterocycles. The van der Waals surface area contributed by atoms with Gasteiger partial charge in [0.2, 0.25) is 5.91 Å². The van der Waals surface area contributed by atoms with Crippen LogP contribution in [-0.2, 0) is 14.6 Å². The molecule has 0 saturated carbocycles. The van der Waals surface area contributed by atoms with Gasteiger partial charge in [-0.15, -0.1) is 0 Å². The highest BCUT2D eigenvalue weighted by atomic mass is 32.2. The van der Waals surface area contributed by atoms with Crippen molar-refractivity contribution in [3.8, 4) is 0 Å². The van der Waals surface area contributed by atoms with Crippen molar-refractivity contribution in [3.63, 3.8) is 0 Å². The van der Waals surface area contributed by atoms with Gasteiger partial charge in [0.25, 0.3) is 0 Å². The van der Waals surface area contributed by atoms with Crippen molar-refractivity contribution >= 4 is 15.7 Å².